The number of benzene rings is 5. The van der Waals surface area contributed by atoms with Gasteiger partial charge in [-0.2, -0.15) is 18.6 Å². The van der Waals surface area contributed by atoms with Crippen molar-refractivity contribution in [3.8, 4) is 22.6 Å². The van der Waals surface area contributed by atoms with E-state index in [1.165, 1.54) is 18.2 Å². The fourth-order valence-electron chi connectivity index (χ4n) is 4.34. The van der Waals surface area contributed by atoms with Crippen LogP contribution in [-0.2, 0) is 10.1 Å². The van der Waals surface area contributed by atoms with E-state index in [1.54, 1.807) is 30.3 Å². The van der Waals surface area contributed by atoms with Crippen molar-refractivity contribution in [3.63, 3.8) is 0 Å². The normalized spacial score (nSPS) is 11.8. The van der Waals surface area contributed by atoms with Gasteiger partial charge in [0.15, 0.2) is 0 Å². The van der Waals surface area contributed by atoms with Gasteiger partial charge in [0.1, 0.15) is 22.0 Å². The van der Waals surface area contributed by atoms with E-state index < -0.39 is 10.1 Å². The van der Waals surface area contributed by atoms with Crippen molar-refractivity contribution in [1.29, 1.82) is 0 Å². The van der Waals surface area contributed by atoms with E-state index in [1.807, 2.05) is 44.2 Å². The Hall–Kier alpha value is -4.13. The number of phenolic OH excluding ortho intramolecular Hbond substituents is 1. The first-order valence-electron chi connectivity index (χ1n) is 12.3. The van der Waals surface area contributed by atoms with Crippen molar-refractivity contribution in [1.82, 2.24) is 0 Å². The van der Waals surface area contributed by atoms with Crippen LogP contribution in [0.5, 0.6) is 11.5 Å². The van der Waals surface area contributed by atoms with E-state index in [-0.39, 0.29) is 63.0 Å². The molecule has 0 saturated heterocycles. The van der Waals surface area contributed by atoms with Crippen LogP contribution in [0.3, 0.4) is 0 Å². The van der Waals surface area contributed by atoms with Crippen LogP contribution in [0.4, 0.5) is 28.4 Å². The average molecular weight is 590 g/mol. The van der Waals surface area contributed by atoms with Gasteiger partial charge in [-0.15, -0.1) is 16.0 Å². The molecule has 0 heterocycles. The Kier molecular flexibility index (Phi) is 9.09. The standard InChI is InChI=1S/C30H25N5O5S.Na/c1-17-13-19(7-10-24(17)32-34-26-12-9-21(36)15-28(26)37)20-8-11-25(18(2)14-20)33-35-27-16-29(41(38,39)40)22-5-3-4-6-23(22)30(27)31;/h3-16,36-37H,31H2,1-2H3,(H,38,39,40);/q;+1/p-1. The molecule has 4 N–H and O–H groups in total. The predicted molar refractivity (Wildman–Crippen MR) is 155 cm³/mol. The van der Waals surface area contributed by atoms with Crippen molar-refractivity contribution >= 4 is 49.3 Å². The summed E-state index contributed by atoms with van der Waals surface area (Å²) >= 11 is 0. The first kappa shape index (κ1) is 30.8. The summed E-state index contributed by atoms with van der Waals surface area (Å²) in [5, 5.41) is 38.7. The van der Waals surface area contributed by atoms with Gasteiger partial charge in [0.25, 0.3) is 10.1 Å². The number of nitrogen functional groups attached to an aromatic ring is 1. The molecule has 0 aliphatic rings. The zero-order valence-electron chi connectivity index (χ0n) is 23.0. The summed E-state index contributed by atoms with van der Waals surface area (Å²) in [6.45, 7) is 3.77. The summed E-state index contributed by atoms with van der Waals surface area (Å²) < 4.78 is 33.7. The Morgan fingerprint density at radius 1 is 0.690 bits per heavy atom. The summed E-state index contributed by atoms with van der Waals surface area (Å²) in [5.41, 5.74) is 11.5. The van der Waals surface area contributed by atoms with Gasteiger partial charge in [-0.25, -0.2) is 0 Å². The zero-order chi connectivity index (χ0) is 29.3. The fourth-order valence-corrected chi connectivity index (χ4v) is 5.06. The Labute approximate surface area is 264 Å². The largest absolute Gasteiger partial charge is 1.00 e. The summed E-state index contributed by atoms with van der Waals surface area (Å²) in [6, 6.07) is 22.9. The van der Waals surface area contributed by atoms with E-state index in [4.69, 9.17) is 5.73 Å². The van der Waals surface area contributed by atoms with Gasteiger partial charge in [-0.3, -0.25) is 4.55 Å². The molecule has 0 aromatic heterocycles. The molecule has 0 spiro atoms. The van der Waals surface area contributed by atoms with Crippen LogP contribution in [0.1, 0.15) is 11.1 Å². The van der Waals surface area contributed by atoms with Gasteiger partial charge in [0.05, 0.1) is 17.1 Å². The number of nitrogens with zero attached hydrogens (tertiary/aromatic N) is 4. The number of hydrogen-bond acceptors (Lipinski definition) is 9. The average Bonchev–Trinajstić information content (AvgIpc) is 2.93. The second kappa shape index (κ2) is 12.4. The van der Waals surface area contributed by atoms with Gasteiger partial charge in [0.2, 0.25) is 0 Å². The number of aromatic hydroxyl groups is 1. The molecule has 0 aliphatic carbocycles. The summed E-state index contributed by atoms with van der Waals surface area (Å²) in [6.07, 6.45) is 0. The van der Waals surface area contributed by atoms with Crippen molar-refractivity contribution in [3.05, 3.63) is 96.1 Å². The Bertz CT molecular complexity index is 1990. The monoisotopic (exact) mass is 589 g/mol. The molecule has 0 fully saturated rings. The van der Waals surface area contributed by atoms with Crippen LogP contribution >= 0.6 is 0 Å². The third kappa shape index (κ3) is 6.51. The molecular formula is C30H24N5NaO5S. The van der Waals surface area contributed by atoms with Crippen LogP contribution in [0.2, 0.25) is 0 Å². The molecule has 0 atom stereocenters. The molecule has 0 bridgehead atoms. The van der Waals surface area contributed by atoms with E-state index in [0.29, 0.717) is 22.1 Å². The molecule has 0 saturated carbocycles. The molecule has 5 aromatic rings. The van der Waals surface area contributed by atoms with Crippen LogP contribution in [0, 0.1) is 13.8 Å². The zero-order valence-corrected chi connectivity index (χ0v) is 25.8. The predicted octanol–water partition coefficient (Wildman–Crippen LogP) is 4.57. The molecule has 12 heteroatoms. The third-order valence-electron chi connectivity index (χ3n) is 6.51. The molecule has 0 radical (unpaired) electrons. The van der Waals surface area contributed by atoms with Crippen molar-refractivity contribution in [2.24, 2.45) is 20.5 Å². The van der Waals surface area contributed by atoms with Gasteiger partial charge < -0.3 is 15.9 Å². The number of nitrogens with two attached hydrogens (primary N) is 1. The Balaban J connectivity index is 0.00000405. The minimum absolute atomic E-state index is 0. The fraction of sp³-hybridized carbons (Fsp3) is 0.0667. The molecule has 5 aromatic carbocycles. The maximum absolute atomic E-state index is 12.0. The molecule has 10 nitrogen and oxygen atoms in total. The maximum Gasteiger partial charge on any atom is 1.00 e. The first-order valence-corrected chi connectivity index (χ1v) is 13.8. The number of hydrogen-bond donors (Lipinski definition) is 3. The van der Waals surface area contributed by atoms with E-state index in [9.17, 15) is 23.2 Å². The number of fused-ring (bicyclic) bond motifs is 1. The minimum Gasteiger partial charge on any atom is -0.872 e. The number of azo groups is 2. The smallest absolute Gasteiger partial charge is 0.872 e. The molecule has 0 unspecified atom stereocenters. The van der Waals surface area contributed by atoms with Crippen LogP contribution in [0.25, 0.3) is 21.9 Å². The number of rotatable bonds is 6. The molecule has 42 heavy (non-hydrogen) atoms. The first-order chi connectivity index (χ1) is 19.5. The molecule has 5 rings (SSSR count). The molecule has 0 amide bonds. The Morgan fingerprint density at radius 3 is 1.71 bits per heavy atom. The van der Waals surface area contributed by atoms with E-state index in [2.05, 4.69) is 20.5 Å². The quantitative estimate of drug-likeness (QED) is 0.113. The third-order valence-corrected chi connectivity index (χ3v) is 7.40. The number of phenols is 1. The summed E-state index contributed by atoms with van der Waals surface area (Å²) in [7, 11) is -4.52. The van der Waals surface area contributed by atoms with Crippen molar-refractivity contribution < 1.29 is 52.7 Å². The van der Waals surface area contributed by atoms with E-state index >= 15 is 0 Å². The van der Waals surface area contributed by atoms with Gasteiger partial charge >= 0.3 is 29.6 Å². The second-order valence-corrected chi connectivity index (χ2v) is 10.8. The SMILES string of the molecule is Cc1cc(-c2ccc(N=Nc3cc(S(=O)(=O)O)c4ccccc4c3N)c(C)c2)ccc1N=Nc1ccc([O-])cc1O.[Na+]. The number of aryl methyl sites for hydroxylation is 2. The maximum atomic E-state index is 12.0. The van der Waals surface area contributed by atoms with Crippen molar-refractivity contribution in [2.45, 2.75) is 18.7 Å². The van der Waals surface area contributed by atoms with Crippen LogP contribution in [-0.4, -0.2) is 18.1 Å². The van der Waals surface area contributed by atoms with Gasteiger partial charge in [-0.1, -0.05) is 42.5 Å². The Morgan fingerprint density at radius 2 is 1.19 bits per heavy atom. The summed E-state index contributed by atoms with van der Waals surface area (Å²) in [4.78, 5) is -0.293. The molecular weight excluding hydrogens is 565 g/mol. The van der Waals surface area contributed by atoms with Crippen LogP contribution in [0.15, 0.2) is 110 Å². The number of anilines is 1. The summed E-state index contributed by atoms with van der Waals surface area (Å²) in [5.74, 6) is -0.542. The minimum atomic E-state index is -4.52. The van der Waals surface area contributed by atoms with E-state index in [0.717, 1.165) is 28.3 Å². The topological polar surface area (TPSA) is 173 Å². The van der Waals surface area contributed by atoms with Crippen molar-refractivity contribution in [2.75, 3.05) is 5.73 Å². The van der Waals surface area contributed by atoms with Gasteiger partial charge in [-0.05, 0) is 78.6 Å². The van der Waals surface area contributed by atoms with Gasteiger partial charge in [0, 0.05) is 10.8 Å². The second-order valence-electron chi connectivity index (χ2n) is 9.38. The van der Waals surface area contributed by atoms with Crippen LogP contribution < -0.4 is 40.4 Å². The molecule has 206 valence electrons. The molecule has 0 aliphatic heterocycles.